The van der Waals surface area contributed by atoms with Gasteiger partial charge in [0.25, 0.3) is 0 Å². The zero-order chi connectivity index (χ0) is 9.85. The molecule has 0 spiro atoms. The average Bonchev–Trinajstić information content (AvgIpc) is 2.33. The Morgan fingerprint density at radius 3 is 2.54 bits per heavy atom. The van der Waals surface area contributed by atoms with Crippen LogP contribution in [-0.2, 0) is 14.6 Å². The predicted octanol–water partition coefficient (Wildman–Crippen LogP) is 0.0931. The molecule has 2 heterocycles. The molecule has 0 N–H and O–H groups in total. The van der Waals surface area contributed by atoms with Crippen molar-refractivity contribution < 1.29 is 13.2 Å². The normalized spacial score (nSPS) is 52.6. The molecule has 0 amide bonds. The lowest BCUT2D eigenvalue weighted by molar-refractivity contribution is -0.0170. The average molecular weight is 200 g/mol. The fourth-order valence-electron chi connectivity index (χ4n) is 2.65. The number of sulfone groups is 1. The van der Waals surface area contributed by atoms with Crippen LogP contribution in [0.15, 0.2) is 0 Å². The lowest BCUT2D eigenvalue weighted by Gasteiger charge is -2.29. The van der Waals surface area contributed by atoms with Gasteiger partial charge in [0.2, 0.25) is 0 Å². The van der Waals surface area contributed by atoms with Crippen molar-refractivity contribution in [3.8, 4) is 0 Å². The van der Waals surface area contributed by atoms with E-state index in [1.165, 1.54) is 0 Å². The van der Waals surface area contributed by atoms with Crippen molar-refractivity contribution in [3.63, 3.8) is 0 Å². The van der Waals surface area contributed by atoms with Crippen LogP contribution in [0.25, 0.3) is 0 Å². The van der Waals surface area contributed by atoms with Crippen molar-refractivity contribution in [3.05, 3.63) is 0 Å². The van der Waals surface area contributed by atoms with Gasteiger partial charge in [-0.05, 0) is 6.42 Å². The molecule has 0 aromatic heterocycles. The Balaban J connectivity index is 2.47. The first-order valence-corrected chi connectivity index (χ1v) is 6.29. The first-order valence-electron chi connectivity index (χ1n) is 4.58. The Bertz CT molecular complexity index is 326. The van der Waals surface area contributed by atoms with Gasteiger partial charge in [-0.25, -0.2) is 8.42 Å². The van der Waals surface area contributed by atoms with Crippen LogP contribution in [-0.4, -0.2) is 38.9 Å². The summed E-state index contributed by atoms with van der Waals surface area (Å²) in [6, 6.07) is -0.617. The van der Waals surface area contributed by atoms with Crippen LogP contribution in [0.3, 0.4) is 0 Å². The molecule has 2 bridgehead atoms. The molecule has 2 fully saturated rings. The molecule has 2 rings (SSSR count). The molecule has 13 heavy (non-hydrogen) atoms. The van der Waals surface area contributed by atoms with E-state index in [1.807, 2.05) is 13.8 Å². The Labute approximate surface area is 80.2 Å². The van der Waals surface area contributed by atoms with Crippen LogP contribution in [0.5, 0.6) is 0 Å². The smallest absolute Gasteiger partial charge is 0.158 e. The first-order chi connectivity index (χ1) is 5.93. The van der Waals surface area contributed by atoms with E-state index in [1.54, 1.807) is 0 Å². The standard InChI is InChI=1S/C8H13BO3S/c1-3-8-4-13(10,11)6(5(8)2)7(9)12-8/h5-7H,3-4H2,1-2H3/t5?,6-,7+,8-/m0/s1. The fourth-order valence-corrected chi connectivity index (χ4v) is 5.40. The molecule has 2 saturated heterocycles. The molecule has 5 heteroatoms. The molecule has 0 aliphatic carbocycles. The summed E-state index contributed by atoms with van der Waals surface area (Å²) in [5.41, 5.74) is -0.497. The number of hydrogen-bond acceptors (Lipinski definition) is 3. The molecule has 72 valence electrons. The van der Waals surface area contributed by atoms with Crippen molar-refractivity contribution >= 4 is 17.7 Å². The number of rotatable bonds is 1. The van der Waals surface area contributed by atoms with Crippen molar-refractivity contribution in [2.45, 2.75) is 37.1 Å². The second-order valence-electron chi connectivity index (χ2n) is 4.06. The predicted molar refractivity (Wildman–Crippen MR) is 50.4 cm³/mol. The maximum Gasteiger partial charge on any atom is 0.158 e. The van der Waals surface area contributed by atoms with Crippen LogP contribution < -0.4 is 0 Å². The first kappa shape index (κ1) is 9.53. The highest BCUT2D eigenvalue weighted by atomic mass is 32.2. The van der Waals surface area contributed by atoms with Gasteiger partial charge in [-0.15, -0.1) is 0 Å². The number of ether oxygens (including phenoxy) is 1. The Hall–Kier alpha value is -0.0251. The van der Waals surface area contributed by atoms with E-state index >= 15 is 0 Å². The van der Waals surface area contributed by atoms with Gasteiger partial charge in [0, 0.05) is 11.9 Å². The number of hydrogen-bond donors (Lipinski definition) is 0. The second-order valence-corrected chi connectivity index (χ2v) is 6.22. The van der Waals surface area contributed by atoms with Crippen LogP contribution >= 0.6 is 0 Å². The summed E-state index contributed by atoms with van der Waals surface area (Å²) in [5, 5.41) is -0.479. The molecule has 0 saturated carbocycles. The minimum atomic E-state index is -3.01. The van der Waals surface area contributed by atoms with Gasteiger partial charge in [0.15, 0.2) is 9.84 Å². The van der Waals surface area contributed by atoms with Gasteiger partial charge in [-0.1, -0.05) is 13.8 Å². The quantitative estimate of drug-likeness (QED) is 0.563. The third-order valence-corrected chi connectivity index (χ3v) is 5.87. The lowest BCUT2D eigenvalue weighted by Crippen LogP contribution is -2.41. The highest BCUT2D eigenvalue weighted by molar-refractivity contribution is 7.92. The van der Waals surface area contributed by atoms with Gasteiger partial charge < -0.3 is 4.74 Å². The van der Waals surface area contributed by atoms with Crippen molar-refractivity contribution in [1.82, 2.24) is 0 Å². The molecule has 2 aliphatic heterocycles. The minimum Gasteiger partial charge on any atom is -0.379 e. The molecule has 0 aromatic rings. The summed E-state index contributed by atoms with van der Waals surface area (Å²) in [4.78, 5) is 0. The summed E-state index contributed by atoms with van der Waals surface area (Å²) in [6.07, 6.45) is 0.720. The molecule has 4 atom stereocenters. The summed E-state index contributed by atoms with van der Waals surface area (Å²) < 4.78 is 28.8. The minimum absolute atomic E-state index is 0.0394. The summed E-state index contributed by atoms with van der Waals surface area (Å²) in [7, 11) is 2.64. The molecule has 3 nitrogen and oxygen atoms in total. The van der Waals surface area contributed by atoms with E-state index in [-0.39, 0.29) is 11.7 Å². The largest absolute Gasteiger partial charge is 0.379 e. The molecule has 0 aromatic carbocycles. The Morgan fingerprint density at radius 2 is 2.23 bits per heavy atom. The topological polar surface area (TPSA) is 43.4 Å². The SMILES string of the molecule is [B][C@@H]1O[C@@]2(CC)CS(=O)(=O)[C@H]1C2C. The van der Waals surface area contributed by atoms with Gasteiger partial charge in [-0.3, -0.25) is 0 Å². The molecular formula is C8H13BO3S. The fraction of sp³-hybridized carbons (Fsp3) is 1.00. The van der Waals surface area contributed by atoms with Crippen LogP contribution in [0, 0.1) is 5.92 Å². The van der Waals surface area contributed by atoms with Crippen molar-refractivity contribution in [2.24, 2.45) is 5.92 Å². The Morgan fingerprint density at radius 1 is 1.62 bits per heavy atom. The van der Waals surface area contributed by atoms with Crippen molar-refractivity contribution in [1.29, 1.82) is 0 Å². The van der Waals surface area contributed by atoms with Gasteiger partial charge in [-0.2, -0.15) is 0 Å². The van der Waals surface area contributed by atoms with Crippen molar-refractivity contribution in [2.75, 3.05) is 5.75 Å². The van der Waals surface area contributed by atoms with Gasteiger partial charge in [0.1, 0.15) is 7.85 Å². The van der Waals surface area contributed by atoms with Crippen LogP contribution in [0.1, 0.15) is 20.3 Å². The van der Waals surface area contributed by atoms with E-state index in [0.29, 0.717) is 0 Å². The van der Waals surface area contributed by atoms with Crippen LogP contribution in [0.4, 0.5) is 0 Å². The zero-order valence-electron chi connectivity index (χ0n) is 7.86. The highest BCUT2D eigenvalue weighted by Crippen LogP contribution is 2.48. The third-order valence-electron chi connectivity index (χ3n) is 3.48. The monoisotopic (exact) mass is 200 g/mol. The maximum atomic E-state index is 11.6. The molecule has 1 unspecified atom stereocenters. The van der Waals surface area contributed by atoms with E-state index < -0.39 is 26.7 Å². The molecular weight excluding hydrogens is 187 g/mol. The van der Waals surface area contributed by atoms with Gasteiger partial charge in [0.05, 0.1) is 16.6 Å². The van der Waals surface area contributed by atoms with Gasteiger partial charge >= 0.3 is 0 Å². The third kappa shape index (κ3) is 1.03. The summed E-state index contributed by atoms with van der Waals surface area (Å²) in [5.74, 6) is 0.188. The molecule has 2 aliphatic rings. The molecule has 2 radical (unpaired) electrons. The summed E-state index contributed by atoms with van der Waals surface area (Å²) >= 11 is 0. The van der Waals surface area contributed by atoms with E-state index in [9.17, 15) is 8.42 Å². The summed E-state index contributed by atoms with van der Waals surface area (Å²) in [6.45, 7) is 3.87. The zero-order valence-corrected chi connectivity index (χ0v) is 8.67. The Kier molecular flexibility index (Phi) is 1.84. The van der Waals surface area contributed by atoms with E-state index in [2.05, 4.69) is 0 Å². The second kappa shape index (κ2) is 2.51. The maximum absolute atomic E-state index is 11.6. The lowest BCUT2D eigenvalue weighted by atomic mass is 9.85. The highest BCUT2D eigenvalue weighted by Gasteiger charge is 2.62. The van der Waals surface area contributed by atoms with Crippen LogP contribution in [0.2, 0.25) is 0 Å². The van der Waals surface area contributed by atoms with E-state index in [0.717, 1.165) is 6.42 Å². The van der Waals surface area contributed by atoms with E-state index in [4.69, 9.17) is 12.6 Å². The number of fused-ring (bicyclic) bond motifs is 2.